The number of aryl methyl sites for hydroxylation is 1. The molecule has 152 valence electrons. The number of carbonyl (C=O) groups excluding carboxylic acids is 1. The molecule has 2 aromatic heterocycles. The lowest BCUT2D eigenvalue weighted by Crippen LogP contribution is -2.20. The second-order valence-corrected chi connectivity index (χ2v) is 8.59. The first-order valence-corrected chi connectivity index (χ1v) is 10.8. The highest BCUT2D eigenvalue weighted by Crippen LogP contribution is 2.28. The lowest BCUT2D eigenvalue weighted by Gasteiger charge is -2.07. The molecule has 4 aromatic rings. The molecule has 0 aliphatic carbocycles. The molecule has 0 spiro atoms. The molecule has 0 saturated heterocycles. The van der Waals surface area contributed by atoms with Crippen molar-refractivity contribution in [3.8, 4) is 5.75 Å². The van der Waals surface area contributed by atoms with Crippen LogP contribution in [0.25, 0.3) is 11.0 Å². The van der Waals surface area contributed by atoms with Gasteiger partial charge in [0.25, 0.3) is 5.91 Å². The number of rotatable bonds is 7. The van der Waals surface area contributed by atoms with Gasteiger partial charge in [0.15, 0.2) is 10.9 Å². The number of benzene rings is 2. The molecule has 0 atom stereocenters. The van der Waals surface area contributed by atoms with Gasteiger partial charge in [-0.15, -0.1) is 10.2 Å². The Hall–Kier alpha value is -3.17. The van der Waals surface area contributed by atoms with Crippen LogP contribution in [0.5, 0.6) is 5.75 Å². The highest BCUT2D eigenvalue weighted by atomic mass is 32.2. The third-order valence-electron chi connectivity index (χ3n) is 4.15. The maximum absolute atomic E-state index is 12.2. The molecule has 9 heteroatoms. The fourth-order valence-corrected chi connectivity index (χ4v) is 4.46. The SMILES string of the molecule is Cc1cc(=O)oc2cc(OCC(=O)Nc3nnc(SCc4ccccc4)s3)ccc12. The van der Waals surface area contributed by atoms with Crippen LogP contribution in [0.1, 0.15) is 11.1 Å². The molecule has 0 radical (unpaired) electrons. The summed E-state index contributed by atoms with van der Waals surface area (Å²) in [4.78, 5) is 23.7. The summed E-state index contributed by atoms with van der Waals surface area (Å²) in [7, 11) is 0. The molecule has 4 rings (SSSR count). The Balaban J connectivity index is 1.31. The van der Waals surface area contributed by atoms with Gasteiger partial charge in [-0.3, -0.25) is 10.1 Å². The number of aromatic nitrogens is 2. The molecule has 1 N–H and O–H groups in total. The second-order valence-electron chi connectivity index (χ2n) is 6.39. The van der Waals surface area contributed by atoms with Gasteiger partial charge in [-0.2, -0.15) is 0 Å². The van der Waals surface area contributed by atoms with Crippen LogP contribution < -0.4 is 15.7 Å². The third kappa shape index (κ3) is 5.05. The molecule has 0 bridgehead atoms. The van der Waals surface area contributed by atoms with Crippen LogP contribution in [-0.4, -0.2) is 22.7 Å². The molecule has 2 aromatic carbocycles. The van der Waals surface area contributed by atoms with Crippen molar-refractivity contribution in [2.75, 3.05) is 11.9 Å². The van der Waals surface area contributed by atoms with Crippen molar-refractivity contribution in [2.24, 2.45) is 0 Å². The summed E-state index contributed by atoms with van der Waals surface area (Å²) in [5, 5.41) is 12.0. The number of nitrogens with zero attached hydrogens (tertiary/aromatic N) is 2. The van der Waals surface area contributed by atoms with Gasteiger partial charge in [-0.25, -0.2) is 4.79 Å². The maximum atomic E-state index is 12.2. The molecule has 30 heavy (non-hydrogen) atoms. The lowest BCUT2D eigenvalue weighted by atomic mass is 10.1. The Morgan fingerprint density at radius 3 is 2.83 bits per heavy atom. The van der Waals surface area contributed by atoms with Crippen molar-refractivity contribution in [3.63, 3.8) is 0 Å². The van der Waals surface area contributed by atoms with Crippen molar-refractivity contribution in [1.82, 2.24) is 10.2 Å². The summed E-state index contributed by atoms with van der Waals surface area (Å²) >= 11 is 2.87. The Morgan fingerprint density at radius 2 is 2.00 bits per heavy atom. The van der Waals surface area contributed by atoms with E-state index in [0.717, 1.165) is 21.0 Å². The fourth-order valence-electron chi connectivity index (χ4n) is 2.74. The minimum atomic E-state index is -0.424. The minimum Gasteiger partial charge on any atom is -0.484 e. The summed E-state index contributed by atoms with van der Waals surface area (Å²) in [5.74, 6) is 0.865. The van der Waals surface area contributed by atoms with Crippen molar-refractivity contribution in [2.45, 2.75) is 17.0 Å². The van der Waals surface area contributed by atoms with E-state index in [1.807, 2.05) is 37.3 Å². The Morgan fingerprint density at radius 1 is 1.17 bits per heavy atom. The fraction of sp³-hybridized carbons (Fsp3) is 0.143. The smallest absolute Gasteiger partial charge is 0.336 e. The maximum Gasteiger partial charge on any atom is 0.336 e. The van der Waals surface area contributed by atoms with Gasteiger partial charge < -0.3 is 9.15 Å². The monoisotopic (exact) mass is 439 g/mol. The van der Waals surface area contributed by atoms with Crippen LogP contribution in [0.15, 0.2) is 68.1 Å². The highest BCUT2D eigenvalue weighted by Gasteiger charge is 2.10. The first kappa shape index (κ1) is 20.1. The van der Waals surface area contributed by atoms with Gasteiger partial charge in [0.05, 0.1) is 0 Å². The zero-order valence-corrected chi connectivity index (χ0v) is 17.6. The first-order chi connectivity index (χ1) is 14.6. The predicted molar refractivity (Wildman–Crippen MR) is 117 cm³/mol. The van der Waals surface area contributed by atoms with Crippen molar-refractivity contribution < 1.29 is 13.9 Å². The van der Waals surface area contributed by atoms with E-state index >= 15 is 0 Å². The second kappa shape index (κ2) is 9.10. The number of carbonyl (C=O) groups is 1. The highest BCUT2D eigenvalue weighted by molar-refractivity contribution is 8.00. The van der Waals surface area contributed by atoms with E-state index in [2.05, 4.69) is 15.5 Å². The van der Waals surface area contributed by atoms with E-state index in [4.69, 9.17) is 9.15 Å². The average Bonchev–Trinajstić information content (AvgIpc) is 3.18. The van der Waals surface area contributed by atoms with Crippen LogP contribution in [0, 0.1) is 6.92 Å². The average molecular weight is 440 g/mol. The molecular formula is C21H17N3O4S2. The standard InChI is InChI=1S/C21H17N3O4S2/c1-13-9-19(26)28-17-10-15(7-8-16(13)17)27-11-18(25)22-20-23-24-21(30-20)29-12-14-5-3-2-4-6-14/h2-10H,11-12H2,1H3,(H,22,23,25). The topological polar surface area (TPSA) is 94.3 Å². The number of nitrogens with one attached hydrogen (secondary N) is 1. The van der Waals surface area contributed by atoms with E-state index in [1.54, 1.807) is 30.0 Å². The van der Waals surface area contributed by atoms with E-state index in [-0.39, 0.29) is 12.5 Å². The normalized spacial score (nSPS) is 10.8. The number of hydrogen-bond acceptors (Lipinski definition) is 8. The molecular weight excluding hydrogens is 422 g/mol. The van der Waals surface area contributed by atoms with Crippen molar-refractivity contribution in [1.29, 1.82) is 0 Å². The molecule has 0 aliphatic rings. The van der Waals surface area contributed by atoms with E-state index < -0.39 is 5.63 Å². The predicted octanol–water partition coefficient (Wildman–Crippen LogP) is 4.26. The van der Waals surface area contributed by atoms with Gasteiger partial charge in [-0.1, -0.05) is 53.4 Å². The molecule has 7 nitrogen and oxygen atoms in total. The minimum absolute atomic E-state index is 0.201. The zero-order valence-electron chi connectivity index (χ0n) is 16.0. The van der Waals surface area contributed by atoms with E-state index in [1.165, 1.54) is 23.0 Å². The number of hydrogen-bond donors (Lipinski definition) is 1. The Bertz CT molecular complexity index is 1240. The first-order valence-electron chi connectivity index (χ1n) is 9.04. The number of ether oxygens (including phenoxy) is 1. The summed E-state index contributed by atoms with van der Waals surface area (Å²) in [6.45, 7) is 1.63. The van der Waals surface area contributed by atoms with Gasteiger partial charge in [0.1, 0.15) is 11.3 Å². The summed E-state index contributed by atoms with van der Waals surface area (Å²) in [6, 6.07) is 16.6. The van der Waals surface area contributed by atoms with Crippen LogP contribution in [0.4, 0.5) is 5.13 Å². The van der Waals surface area contributed by atoms with Gasteiger partial charge in [0.2, 0.25) is 5.13 Å². The van der Waals surface area contributed by atoms with E-state index in [9.17, 15) is 9.59 Å². The Kier molecular flexibility index (Phi) is 6.10. The number of fused-ring (bicyclic) bond motifs is 1. The zero-order chi connectivity index (χ0) is 20.9. The number of anilines is 1. The van der Waals surface area contributed by atoms with E-state index in [0.29, 0.717) is 16.5 Å². The van der Waals surface area contributed by atoms with Crippen molar-refractivity contribution >= 4 is 45.1 Å². The molecule has 0 aliphatic heterocycles. The largest absolute Gasteiger partial charge is 0.484 e. The van der Waals surface area contributed by atoms with Gasteiger partial charge >= 0.3 is 5.63 Å². The van der Waals surface area contributed by atoms with Crippen molar-refractivity contribution in [3.05, 3.63) is 76.1 Å². The van der Waals surface area contributed by atoms with Gasteiger partial charge in [0, 0.05) is 23.3 Å². The lowest BCUT2D eigenvalue weighted by molar-refractivity contribution is -0.118. The van der Waals surface area contributed by atoms with Crippen LogP contribution >= 0.6 is 23.1 Å². The number of thioether (sulfide) groups is 1. The Labute approximate surface area is 180 Å². The molecule has 0 saturated carbocycles. The quantitative estimate of drug-likeness (QED) is 0.261. The molecule has 1 amide bonds. The summed E-state index contributed by atoms with van der Waals surface area (Å²) < 4.78 is 11.5. The summed E-state index contributed by atoms with van der Waals surface area (Å²) in [6.07, 6.45) is 0. The third-order valence-corrected chi connectivity index (χ3v) is 6.19. The molecule has 2 heterocycles. The van der Waals surface area contributed by atoms with Crippen LogP contribution in [-0.2, 0) is 10.5 Å². The van der Waals surface area contributed by atoms with Gasteiger partial charge in [-0.05, 0) is 30.2 Å². The van der Waals surface area contributed by atoms with Crippen LogP contribution in [0.3, 0.4) is 0 Å². The number of amides is 1. The molecule has 0 fully saturated rings. The summed E-state index contributed by atoms with van der Waals surface area (Å²) in [5.41, 5.74) is 2.01. The van der Waals surface area contributed by atoms with Crippen LogP contribution in [0.2, 0.25) is 0 Å². The molecule has 0 unspecified atom stereocenters.